The highest BCUT2D eigenvalue weighted by molar-refractivity contribution is 5.97. The van der Waals surface area contributed by atoms with E-state index in [4.69, 9.17) is 9.15 Å². The number of carbonyl (C=O) groups excluding carboxylic acids is 1. The van der Waals surface area contributed by atoms with Crippen molar-refractivity contribution >= 4 is 17.0 Å². The zero-order valence-electron chi connectivity index (χ0n) is 16.5. The van der Waals surface area contributed by atoms with E-state index in [1.165, 1.54) is 0 Å². The SMILES string of the molecule is COc1cccc(-c2nc3ccc(C(=O)NCCn4nc(C)nc4C)cc3o2)c1. The number of hydrogen-bond acceptors (Lipinski definition) is 6. The fraction of sp³-hybridized carbons (Fsp3) is 0.238. The van der Waals surface area contributed by atoms with Crippen LogP contribution in [0, 0.1) is 13.8 Å². The smallest absolute Gasteiger partial charge is 0.251 e. The molecule has 0 bridgehead atoms. The third-order valence-corrected chi connectivity index (χ3v) is 4.54. The normalized spacial score (nSPS) is 11.0. The van der Waals surface area contributed by atoms with Crippen LogP contribution in [0.1, 0.15) is 22.0 Å². The molecule has 0 spiro atoms. The molecule has 0 unspecified atom stereocenters. The molecule has 0 radical (unpaired) electrons. The quantitative estimate of drug-likeness (QED) is 0.543. The van der Waals surface area contributed by atoms with Gasteiger partial charge in [-0.1, -0.05) is 6.07 Å². The van der Waals surface area contributed by atoms with E-state index in [1.807, 2.05) is 38.1 Å². The van der Waals surface area contributed by atoms with Gasteiger partial charge in [0.05, 0.1) is 13.7 Å². The van der Waals surface area contributed by atoms with Gasteiger partial charge in [0.2, 0.25) is 5.89 Å². The summed E-state index contributed by atoms with van der Waals surface area (Å²) in [7, 11) is 1.61. The molecular formula is C21H21N5O3. The van der Waals surface area contributed by atoms with Crippen molar-refractivity contribution in [1.82, 2.24) is 25.1 Å². The Bertz CT molecular complexity index is 1180. The number of carbonyl (C=O) groups is 1. The Labute approximate surface area is 167 Å². The zero-order valence-corrected chi connectivity index (χ0v) is 16.5. The van der Waals surface area contributed by atoms with Gasteiger partial charge in [0, 0.05) is 17.7 Å². The Morgan fingerprint density at radius 2 is 2.03 bits per heavy atom. The summed E-state index contributed by atoms with van der Waals surface area (Å²) in [5.41, 5.74) is 2.56. The molecule has 0 saturated heterocycles. The monoisotopic (exact) mass is 391 g/mol. The molecule has 4 aromatic rings. The molecule has 0 aliphatic rings. The molecule has 4 rings (SSSR count). The van der Waals surface area contributed by atoms with Gasteiger partial charge in [-0.2, -0.15) is 5.10 Å². The van der Waals surface area contributed by atoms with Crippen LogP contribution in [-0.2, 0) is 6.54 Å². The number of nitrogens with one attached hydrogen (secondary N) is 1. The van der Waals surface area contributed by atoms with Crippen LogP contribution in [0.15, 0.2) is 46.9 Å². The Morgan fingerprint density at radius 1 is 1.17 bits per heavy atom. The van der Waals surface area contributed by atoms with Gasteiger partial charge in [0.25, 0.3) is 5.91 Å². The number of fused-ring (bicyclic) bond motifs is 1. The Hall–Kier alpha value is -3.68. The Kier molecular flexibility index (Phi) is 4.99. The Balaban J connectivity index is 1.48. The fourth-order valence-electron chi connectivity index (χ4n) is 3.10. The van der Waals surface area contributed by atoms with Crippen molar-refractivity contribution in [2.45, 2.75) is 20.4 Å². The van der Waals surface area contributed by atoms with Crippen LogP contribution >= 0.6 is 0 Å². The van der Waals surface area contributed by atoms with Gasteiger partial charge in [0.15, 0.2) is 5.58 Å². The first kappa shape index (κ1) is 18.7. The zero-order chi connectivity index (χ0) is 20.4. The van der Waals surface area contributed by atoms with E-state index in [-0.39, 0.29) is 5.91 Å². The number of hydrogen-bond donors (Lipinski definition) is 1. The molecule has 29 heavy (non-hydrogen) atoms. The lowest BCUT2D eigenvalue weighted by Crippen LogP contribution is -2.27. The maximum absolute atomic E-state index is 12.5. The minimum Gasteiger partial charge on any atom is -0.497 e. The van der Waals surface area contributed by atoms with Crippen LogP contribution in [0.5, 0.6) is 5.75 Å². The van der Waals surface area contributed by atoms with Crippen LogP contribution in [0.3, 0.4) is 0 Å². The van der Waals surface area contributed by atoms with Crippen molar-refractivity contribution in [2.24, 2.45) is 0 Å². The van der Waals surface area contributed by atoms with Gasteiger partial charge >= 0.3 is 0 Å². The number of nitrogens with zero attached hydrogens (tertiary/aromatic N) is 4. The Morgan fingerprint density at radius 3 is 2.79 bits per heavy atom. The van der Waals surface area contributed by atoms with Crippen molar-refractivity contribution in [3.63, 3.8) is 0 Å². The van der Waals surface area contributed by atoms with Crippen molar-refractivity contribution in [2.75, 3.05) is 13.7 Å². The number of amides is 1. The van der Waals surface area contributed by atoms with E-state index >= 15 is 0 Å². The second-order valence-corrected chi connectivity index (χ2v) is 6.62. The van der Waals surface area contributed by atoms with E-state index in [0.717, 1.165) is 23.0 Å². The minimum absolute atomic E-state index is 0.180. The van der Waals surface area contributed by atoms with E-state index in [2.05, 4.69) is 20.4 Å². The van der Waals surface area contributed by atoms with Crippen molar-refractivity contribution in [1.29, 1.82) is 0 Å². The number of oxazole rings is 1. The van der Waals surface area contributed by atoms with Gasteiger partial charge in [-0.05, 0) is 50.2 Å². The first-order chi connectivity index (χ1) is 14.0. The fourth-order valence-corrected chi connectivity index (χ4v) is 3.10. The third kappa shape index (κ3) is 3.96. The van der Waals surface area contributed by atoms with E-state index in [1.54, 1.807) is 30.0 Å². The summed E-state index contributed by atoms with van der Waals surface area (Å²) in [6.45, 7) is 4.74. The lowest BCUT2D eigenvalue weighted by molar-refractivity contribution is 0.0952. The summed E-state index contributed by atoms with van der Waals surface area (Å²) < 4.78 is 12.9. The largest absolute Gasteiger partial charge is 0.497 e. The van der Waals surface area contributed by atoms with E-state index < -0.39 is 0 Å². The van der Waals surface area contributed by atoms with E-state index in [9.17, 15) is 4.79 Å². The van der Waals surface area contributed by atoms with Crippen molar-refractivity contribution < 1.29 is 13.9 Å². The molecule has 1 amide bonds. The highest BCUT2D eigenvalue weighted by Crippen LogP contribution is 2.27. The number of benzene rings is 2. The van der Waals surface area contributed by atoms with Crippen LogP contribution in [0.4, 0.5) is 0 Å². The highest BCUT2D eigenvalue weighted by atomic mass is 16.5. The second kappa shape index (κ2) is 7.75. The summed E-state index contributed by atoms with van der Waals surface area (Å²) in [4.78, 5) is 21.2. The molecule has 1 N–H and O–H groups in total. The summed E-state index contributed by atoms with van der Waals surface area (Å²) in [5.74, 6) is 2.57. The van der Waals surface area contributed by atoms with Gasteiger partial charge in [-0.3, -0.25) is 4.79 Å². The molecule has 0 saturated carbocycles. The topological polar surface area (TPSA) is 95.1 Å². The van der Waals surface area contributed by atoms with Gasteiger partial charge < -0.3 is 14.5 Å². The number of methoxy groups -OCH3 is 1. The van der Waals surface area contributed by atoms with Gasteiger partial charge in [-0.15, -0.1) is 0 Å². The lowest BCUT2D eigenvalue weighted by atomic mass is 10.2. The van der Waals surface area contributed by atoms with Gasteiger partial charge in [-0.25, -0.2) is 14.6 Å². The average molecular weight is 391 g/mol. The molecule has 0 aliphatic carbocycles. The van der Waals surface area contributed by atoms with Crippen molar-refractivity contribution in [3.05, 3.63) is 59.7 Å². The standard InChI is InChI=1S/C21H21N5O3/c1-13-23-14(2)26(25-13)10-9-22-20(27)15-7-8-18-19(12-15)29-21(24-18)16-5-4-6-17(11-16)28-3/h4-8,11-12H,9-10H2,1-3H3,(H,22,27). The molecule has 2 heterocycles. The maximum atomic E-state index is 12.5. The molecule has 0 fully saturated rings. The molecule has 2 aromatic heterocycles. The third-order valence-electron chi connectivity index (χ3n) is 4.54. The van der Waals surface area contributed by atoms with Crippen LogP contribution in [-0.4, -0.2) is 39.3 Å². The van der Waals surface area contributed by atoms with Gasteiger partial charge in [0.1, 0.15) is 22.9 Å². The summed E-state index contributed by atoms with van der Waals surface area (Å²) in [5, 5.41) is 7.18. The number of aryl methyl sites for hydroxylation is 2. The first-order valence-electron chi connectivity index (χ1n) is 9.25. The summed E-state index contributed by atoms with van der Waals surface area (Å²) in [6, 6.07) is 12.7. The summed E-state index contributed by atoms with van der Waals surface area (Å²) in [6.07, 6.45) is 0. The molecule has 0 aliphatic heterocycles. The van der Waals surface area contributed by atoms with Crippen LogP contribution in [0.25, 0.3) is 22.6 Å². The van der Waals surface area contributed by atoms with Crippen molar-refractivity contribution in [3.8, 4) is 17.2 Å². The molecule has 2 aromatic carbocycles. The number of rotatable bonds is 6. The number of aromatic nitrogens is 4. The summed E-state index contributed by atoms with van der Waals surface area (Å²) >= 11 is 0. The maximum Gasteiger partial charge on any atom is 0.251 e. The van der Waals surface area contributed by atoms with Crippen LogP contribution in [0.2, 0.25) is 0 Å². The number of ether oxygens (including phenoxy) is 1. The minimum atomic E-state index is -0.180. The molecule has 148 valence electrons. The van der Waals surface area contributed by atoms with E-state index in [0.29, 0.717) is 35.6 Å². The first-order valence-corrected chi connectivity index (χ1v) is 9.25. The average Bonchev–Trinajstić information content (AvgIpc) is 3.29. The molecule has 8 heteroatoms. The van der Waals surface area contributed by atoms with Crippen LogP contribution < -0.4 is 10.1 Å². The second-order valence-electron chi connectivity index (χ2n) is 6.62. The molecule has 8 nitrogen and oxygen atoms in total. The predicted octanol–water partition coefficient (Wildman–Crippen LogP) is 3.14. The molecular weight excluding hydrogens is 370 g/mol. The predicted molar refractivity (Wildman–Crippen MR) is 108 cm³/mol. The highest BCUT2D eigenvalue weighted by Gasteiger charge is 2.13. The lowest BCUT2D eigenvalue weighted by Gasteiger charge is -2.06. The molecule has 0 atom stereocenters.